The molecule has 24 heavy (non-hydrogen) atoms. The van der Waals surface area contributed by atoms with Gasteiger partial charge in [0, 0.05) is 11.6 Å². The molecule has 6 nitrogen and oxygen atoms in total. The summed E-state index contributed by atoms with van der Waals surface area (Å²) in [6, 6.07) is 5.30. The molecule has 6 heteroatoms. The fourth-order valence-corrected chi connectivity index (χ4v) is 3.32. The molecule has 0 spiro atoms. The summed E-state index contributed by atoms with van der Waals surface area (Å²) in [5.41, 5.74) is 1.73. The summed E-state index contributed by atoms with van der Waals surface area (Å²) >= 11 is 0. The third-order valence-electron chi connectivity index (χ3n) is 4.60. The molecule has 1 aliphatic carbocycles. The van der Waals surface area contributed by atoms with Crippen molar-refractivity contribution in [1.29, 1.82) is 0 Å². The normalized spacial score (nSPS) is 16.6. The van der Waals surface area contributed by atoms with Crippen LogP contribution in [-0.2, 0) is 16.0 Å². The molecule has 132 valence electrons. The summed E-state index contributed by atoms with van der Waals surface area (Å²) in [4.78, 5) is 22.5. The molecule has 1 atom stereocenters. The molecular weight excluding hydrogens is 310 g/mol. The van der Waals surface area contributed by atoms with Gasteiger partial charge in [-0.1, -0.05) is 31.4 Å². The first-order chi connectivity index (χ1) is 11.5. The first kappa shape index (κ1) is 18.4. The molecule has 1 saturated carbocycles. The molecule has 1 aromatic rings. The highest BCUT2D eigenvalue weighted by atomic mass is 16.6. The van der Waals surface area contributed by atoms with Crippen LogP contribution in [0, 0.1) is 10.1 Å². The minimum atomic E-state index is -1.19. The van der Waals surface area contributed by atoms with Gasteiger partial charge in [-0.25, -0.2) is 4.79 Å². The van der Waals surface area contributed by atoms with Crippen LogP contribution in [0.25, 0.3) is 0 Å². The number of aliphatic hydroxyl groups excluding tert-OH is 1. The lowest BCUT2D eigenvalue weighted by molar-refractivity contribution is -0.385. The van der Waals surface area contributed by atoms with Crippen molar-refractivity contribution in [3.05, 3.63) is 39.4 Å². The van der Waals surface area contributed by atoms with Gasteiger partial charge in [0.05, 0.1) is 11.5 Å². The number of carbonyl (C=O) groups is 1. The molecule has 2 rings (SSSR count). The zero-order valence-corrected chi connectivity index (χ0v) is 14.1. The van der Waals surface area contributed by atoms with E-state index in [1.165, 1.54) is 6.42 Å². The molecule has 1 fully saturated rings. The molecule has 1 aliphatic rings. The van der Waals surface area contributed by atoms with E-state index in [2.05, 4.69) is 0 Å². The Morgan fingerprint density at radius 2 is 2.08 bits per heavy atom. The lowest BCUT2D eigenvalue weighted by Crippen LogP contribution is -2.23. The van der Waals surface area contributed by atoms with Gasteiger partial charge in [0.2, 0.25) is 0 Å². The number of nitro groups is 1. The second kappa shape index (κ2) is 8.78. The van der Waals surface area contributed by atoms with E-state index in [9.17, 15) is 20.0 Å². The Bertz CT molecular complexity index is 581. The molecule has 0 heterocycles. The summed E-state index contributed by atoms with van der Waals surface area (Å²) in [7, 11) is 0. The Hall–Kier alpha value is -1.95. The number of hydrogen-bond acceptors (Lipinski definition) is 5. The topological polar surface area (TPSA) is 89.7 Å². The number of aliphatic hydroxyl groups is 1. The number of nitrogens with zero attached hydrogens (tertiary/aromatic N) is 1. The fraction of sp³-hybridized carbons (Fsp3) is 0.611. The SMILES string of the molecule is CCOC(=O)C(O)CCc1ccc(C2CCCCC2)c([N+](=O)[O-])c1. The zero-order chi connectivity index (χ0) is 17.5. The Morgan fingerprint density at radius 1 is 1.38 bits per heavy atom. The van der Waals surface area contributed by atoms with Gasteiger partial charge in [0.15, 0.2) is 6.10 Å². The first-order valence-corrected chi connectivity index (χ1v) is 8.64. The number of rotatable bonds is 7. The van der Waals surface area contributed by atoms with Gasteiger partial charge >= 0.3 is 5.97 Å². The van der Waals surface area contributed by atoms with Crippen molar-refractivity contribution in [2.24, 2.45) is 0 Å². The standard InChI is InChI=1S/C18H25NO5/c1-2-24-18(21)17(20)11-9-13-8-10-15(16(12-13)19(22)23)14-6-4-3-5-7-14/h8,10,12,14,17,20H,2-7,9,11H2,1H3. The first-order valence-electron chi connectivity index (χ1n) is 8.64. The van der Waals surface area contributed by atoms with Gasteiger partial charge in [0.1, 0.15) is 0 Å². The number of benzene rings is 1. The summed E-state index contributed by atoms with van der Waals surface area (Å²) in [6.07, 6.45) is 4.84. The highest BCUT2D eigenvalue weighted by Gasteiger charge is 2.24. The van der Waals surface area contributed by atoms with Crippen molar-refractivity contribution in [1.82, 2.24) is 0 Å². The van der Waals surface area contributed by atoms with Gasteiger partial charge < -0.3 is 9.84 Å². The van der Waals surface area contributed by atoms with E-state index in [1.807, 2.05) is 12.1 Å². The minimum absolute atomic E-state index is 0.157. The highest BCUT2D eigenvalue weighted by molar-refractivity contribution is 5.74. The maximum absolute atomic E-state index is 11.4. The van der Waals surface area contributed by atoms with E-state index in [1.54, 1.807) is 13.0 Å². The van der Waals surface area contributed by atoms with Gasteiger partial charge in [-0.05, 0) is 44.1 Å². The predicted molar refractivity (Wildman–Crippen MR) is 89.9 cm³/mol. The zero-order valence-electron chi connectivity index (χ0n) is 14.1. The Balaban J connectivity index is 2.08. The van der Waals surface area contributed by atoms with E-state index in [0.29, 0.717) is 6.42 Å². The number of aryl methyl sites for hydroxylation is 1. The Kier molecular flexibility index (Phi) is 6.73. The monoisotopic (exact) mass is 335 g/mol. The van der Waals surface area contributed by atoms with Crippen LogP contribution in [0.2, 0.25) is 0 Å². The van der Waals surface area contributed by atoms with Crippen LogP contribution in [0.3, 0.4) is 0 Å². The van der Waals surface area contributed by atoms with Crippen LogP contribution in [0.1, 0.15) is 62.5 Å². The average molecular weight is 335 g/mol. The molecule has 0 aromatic heterocycles. The summed E-state index contributed by atoms with van der Waals surface area (Å²) in [5.74, 6) is -0.385. The fourth-order valence-electron chi connectivity index (χ4n) is 3.32. The van der Waals surface area contributed by atoms with Crippen LogP contribution in [0.5, 0.6) is 0 Å². The number of ether oxygens (including phenoxy) is 1. The van der Waals surface area contributed by atoms with Crippen molar-refractivity contribution in [3.8, 4) is 0 Å². The molecule has 0 saturated heterocycles. The number of carbonyl (C=O) groups excluding carboxylic acids is 1. The van der Waals surface area contributed by atoms with Crippen LogP contribution >= 0.6 is 0 Å². The molecule has 0 aliphatic heterocycles. The molecule has 1 N–H and O–H groups in total. The third-order valence-corrected chi connectivity index (χ3v) is 4.60. The van der Waals surface area contributed by atoms with Gasteiger partial charge in [-0.15, -0.1) is 0 Å². The second-order valence-electron chi connectivity index (χ2n) is 6.29. The van der Waals surface area contributed by atoms with E-state index in [0.717, 1.165) is 36.8 Å². The number of hydrogen-bond donors (Lipinski definition) is 1. The summed E-state index contributed by atoms with van der Waals surface area (Å²) in [6.45, 7) is 1.90. The van der Waals surface area contributed by atoms with Crippen molar-refractivity contribution >= 4 is 11.7 Å². The van der Waals surface area contributed by atoms with Crippen LogP contribution < -0.4 is 0 Å². The van der Waals surface area contributed by atoms with Gasteiger partial charge in [0.25, 0.3) is 5.69 Å². The lowest BCUT2D eigenvalue weighted by atomic mass is 9.83. The van der Waals surface area contributed by atoms with Crippen molar-refractivity contribution < 1.29 is 19.6 Å². The van der Waals surface area contributed by atoms with Gasteiger partial charge in [-0.3, -0.25) is 10.1 Å². The molecular formula is C18H25NO5. The quantitative estimate of drug-likeness (QED) is 0.468. The molecule has 0 bridgehead atoms. The minimum Gasteiger partial charge on any atom is -0.464 e. The van der Waals surface area contributed by atoms with Crippen LogP contribution in [-0.4, -0.2) is 28.7 Å². The smallest absolute Gasteiger partial charge is 0.334 e. The maximum Gasteiger partial charge on any atom is 0.334 e. The molecule has 0 radical (unpaired) electrons. The molecule has 1 aromatic carbocycles. The van der Waals surface area contributed by atoms with E-state index >= 15 is 0 Å². The van der Waals surface area contributed by atoms with E-state index in [-0.39, 0.29) is 29.6 Å². The van der Waals surface area contributed by atoms with Crippen molar-refractivity contribution in [2.75, 3.05) is 6.61 Å². The predicted octanol–water partition coefficient (Wildman–Crippen LogP) is 3.50. The summed E-state index contributed by atoms with van der Waals surface area (Å²) < 4.78 is 4.76. The van der Waals surface area contributed by atoms with Crippen LogP contribution in [0.15, 0.2) is 18.2 Å². The van der Waals surface area contributed by atoms with E-state index in [4.69, 9.17) is 4.74 Å². The highest BCUT2D eigenvalue weighted by Crippen LogP contribution is 2.37. The molecule has 1 unspecified atom stereocenters. The number of esters is 1. The van der Waals surface area contributed by atoms with Crippen molar-refractivity contribution in [2.45, 2.75) is 63.9 Å². The lowest BCUT2D eigenvalue weighted by Gasteiger charge is -2.22. The third kappa shape index (κ3) is 4.77. The average Bonchev–Trinajstić information content (AvgIpc) is 2.60. The van der Waals surface area contributed by atoms with Crippen molar-refractivity contribution in [3.63, 3.8) is 0 Å². The van der Waals surface area contributed by atoms with Gasteiger partial charge in [-0.2, -0.15) is 0 Å². The molecule has 0 amide bonds. The second-order valence-corrected chi connectivity index (χ2v) is 6.29. The van der Waals surface area contributed by atoms with Crippen LogP contribution in [0.4, 0.5) is 5.69 Å². The van der Waals surface area contributed by atoms with E-state index < -0.39 is 12.1 Å². The number of nitro benzene ring substituents is 1. The largest absolute Gasteiger partial charge is 0.464 e. The Labute approximate surface area is 142 Å². The summed E-state index contributed by atoms with van der Waals surface area (Å²) in [5, 5.41) is 21.2. The maximum atomic E-state index is 11.4. The Morgan fingerprint density at radius 3 is 2.71 bits per heavy atom.